The van der Waals surface area contributed by atoms with Gasteiger partial charge in [-0.15, -0.1) is 0 Å². The van der Waals surface area contributed by atoms with E-state index in [0.29, 0.717) is 24.5 Å². The van der Waals surface area contributed by atoms with Crippen molar-refractivity contribution in [2.75, 3.05) is 24.7 Å². The summed E-state index contributed by atoms with van der Waals surface area (Å²) in [6.07, 6.45) is 0.557. The molecular weight excluding hydrogens is 305 g/mol. The van der Waals surface area contributed by atoms with Crippen LogP contribution in [0.2, 0.25) is 5.02 Å². The number of nitrogens with zero attached hydrogens (tertiary/aromatic N) is 1. The highest BCUT2D eigenvalue weighted by molar-refractivity contribution is 7.91. The van der Waals surface area contributed by atoms with Gasteiger partial charge >= 0.3 is 0 Å². The van der Waals surface area contributed by atoms with Crippen molar-refractivity contribution in [3.8, 4) is 0 Å². The lowest BCUT2D eigenvalue weighted by atomic mass is 10.1. The van der Waals surface area contributed by atoms with E-state index in [1.165, 1.54) is 12.1 Å². The molecular formula is C13H17ClFNO3S. The van der Waals surface area contributed by atoms with E-state index >= 15 is 0 Å². The molecule has 0 spiro atoms. The van der Waals surface area contributed by atoms with Crippen LogP contribution in [0.25, 0.3) is 0 Å². The Bertz CT molecular complexity index is 579. The molecule has 2 rings (SSSR count). The minimum atomic E-state index is -2.98. The van der Waals surface area contributed by atoms with Crippen LogP contribution in [0, 0.1) is 5.82 Å². The van der Waals surface area contributed by atoms with Crippen LogP contribution in [0.5, 0.6) is 0 Å². The summed E-state index contributed by atoms with van der Waals surface area (Å²) >= 11 is 5.99. The van der Waals surface area contributed by atoms with Crippen molar-refractivity contribution < 1.29 is 17.9 Å². The fourth-order valence-electron chi connectivity index (χ4n) is 2.45. The molecule has 0 radical (unpaired) electrons. The minimum absolute atomic E-state index is 0.0602. The van der Waals surface area contributed by atoms with E-state index in [0.717, 1.165) is 5.56 Å². The molecule has 1 saturated heterocycles. The molecule has 1 N–H and O–H groups in total. The predicted octanol–water partition coefficient (Wildman–Crippen LogP) is 1.46. The van der Waals surface area contributed by atoms with E-state index in [1.807, 2.05) is 4.90 Å². The minimum Gasteiger partial charge on any atom is -0.395 e. The number of aliphatic hydroxyl groups excluding tert-OH is 1. The second-order valence-corrected chi connectivity index (χ2v) is 7.62. The van der Waals surface area contributed by atoms with Gasteiger partial charge < -0.3 is 5.11 Å². The Morgan fingerprint density at radius 1 is 1.45 bits per heavy atom. The summed E-state index contributed by atoms with van der Waals surface area (Å²) in [5, 5.41) is 9.45. The van der Waals surface area contributed by atoms with E-state index in [9.17, 15) is 12.8 Å². The molecule has 1 atom stereocenters. The van der Waals surface area contributed by atoms with Gasteiger partial charge in [-0.05, 0) is 24.1 Å². The Morgan fingerprint density at radius 2 is 2.20 bits per heavy atom. The second-order valence-electron chi connectivity index (χ2n) is 4.99. The Labute approximate surface area is 123 Å². The first kappa shape index (κ1) is 15.7. The number of sulfone groups is 1. The van der Waals surface area contributed by atoms with Gasteiger partial charge in [0.05, 0.1) is 18.1 Å². The molecule has 0 bridgehead atoms. The maximum absolute atomic E-state index is 13.0. The third-order valence-electron chi connectivity index (χ3n) is 3.50. The zero-order valence-corrected chi connectivity index (χ0v) is 12.5. The molecule has 112 valence electrons. The average molecular weight is 322 g/mol. The first-order chi connectivity index (χ1) is 9.41. The zero-order valence-electron chi connectivity index (χ0n) is 10.9. The second kappa shape index (κ2) is 6.39. The molecule has 1 aliphatic rings. The molecule has 0 amide bonds. The highest BCUT2D eigenvalue weighted by atomic mass is 35.5. The van der Waals surface area contributed by atoms with Crippen LogP contribution in [0.1, 0.15) is 12.0 Å². The molecule has 1 aromatic rings. The summed E-state index contributed by atoms with van der Waals surface area (Å²) in [6.45, 7) is 0.711. The summed E-state index contributed by atoms with van der Waals surface area (Å²) in [6, 6.07) is 4.03. The summed E-state index contributed by atoms with van der Waals surface area (Å²) < 4.78 is 36.1. The number of halogens is 2. The number of hydrogen-bond acceptors (Lipinski definition) is 4. The summed E-state index contributed by atoms with van der Waals surface area (Å²) in [5.41, 5.74) is 0.728. The van der Waals surface area contributed by atoms with Crippen molar-refractivity contribution >= 4 is 21.4 Å². The van der Waals surface area contributed by atoms with Gasteiger partial charge in [-0.25, -0.2) is 12.8 Å². The Morgan fingerprint density at radius 3 is 2.75 bits per heavy atom. The van der Waals surface area contributed by atoms with Crippen LogP contribution in [0.3, 0.4) is 0 Å². The summed E-state index contributed by atoms with van der Waals surface area (Å²) in [4.78, 5) is 1.89. The average Bonchev–Trinajstić information content (AvgIpc) is 2.72. The van der Waals surface area contributed by atoms with Crippen LogP contribution in [0.15, 0.2) is 18.2 Å². The molecule has 0 aromatic heterocycles. The van der Waals surface area contributed by atoms with Crippen molar-refractivity contribution in [1.82, 2.24) is 4.90 Å². The van der Waals surface area contributed by atoms with Crippen LogP contribution in [-0.4, -0.2) is 49.1 Å². The molecule has 1 aliphatic heterocycles. The van der Waals surface area contributed by atoms with Crippen LogP contribution >= 0.6 is 11.6 Å². The lowest BCUT2D eigenvalue weighted by Crippen LogP contribution is -2.37. The SMILES string of the molecule is O=S1(=O)CCC(N(CCO)Cc2ccc(F)cc2Cl)C1. The highest BCUT2D eigenvalue weighted by Gasteiger charge is 2.32. The van der Waals surface area contributed by atoms with Crippen molar-refractivity contribution in [3.05, 3.63) is 34.6 Å². The van der Waals surface area contributed by atoms with Gasteiger partial charge in [-0.1, -0.05) is 17.7 Å². The van der Waals surface area contributed by atoms with Crippen molar-refractivity contribution in [1.29, 1.82) is 0 Å². The number of aliphatic hydroxyl groups is 1. The first-order valence-electron chi connectivity index (χ1n) is 6.40. The Hall–Kier alpha value is -0.690. The van der Waals surface area contributed by atoms with Crippen molar-refractivity contribution in [3.63, 3.8) is 0 Å². The van der Waals surface area contributed by atoms with E-state index in [2.05, 4.69) is 0 Å². The topological polar surface area (TPSA) is 57.6 Å². The van der Waals surface area contributed by atoms with Crippen LogP contribution in [-0.2, 0) is 16.4 Å². The lowest BCUT2D eigenvalue weighted by molar-refractivity contribution is 0.153. The maximum Gasteiger partial charge on any atom is 0.151 e. The van der Waals surface area contributed by atoms with Crippen LogP contribution in [0.4, 0.5) is 4.39 Å². The molecule has 4 nitrogen and oxygen atoms in total. The molecule has 20 heavy (non-hydrogen) atoms. The highest BCUT2D eigenvalue weighted by Crippen LogP contribution is 2.23. The summed E-state index contributed by atoms with van der Waals surface area (Å²) in [7, 11) is -2.98. The van der Waals surface area contributed by atoms with E-state index in [-0.39, 0.29) is 24.2 Å². The lowest BCUT2D eigenvalue weighted by Gasteiger charge is -2.27. The van der Waals surface area contributed by atoms with Crippen molar-refractivity contribution in [2.24, 2.45) is 0 Å². The van der Waals surface area contributed by atoms with Gasteiger partial charge in [0.1, 0.15) is 5.82 Å². The molecule has 1 aromatic carbocycles. The van der Waals surface area contributed by atoms with E-state index < -0.39 is 15.7 Å². The summed E-state index contributed by atoms with van der Waals surface area (Å²) in [5.74, 6) is -0.126. The molecule has 1 heterocycles. The molecule has 1 unspecified atom stereocenters. The van der Waals surface area contributed by atoms with Crippen LogP contribution < -0.4 is 0 Å². The van der Waals surface area contributed by atoms with E-state index in [4.69, 9.17) is 16.7 Å². The quantitative estimate of drug-likeness (QED) is 0.892. The van der Waals surface area contributed by atoms with Gasteiger partial charge in [-0.2, -0.15) is 0 Å². The largest absolute Gasteiger partial charge is 0.395 e. The Balaban J connectivity index is 2.13. The standard InChI is InChI=1S/C13H17ClFNO3S/c14-13-7-11(15)2-1-10(13)8-16(4-5-17)12-3-6-20(18,19)9-12/h1-2,7,12,17H,3-6,8-9H2. The van der Waals surface area contributed by atoms with Gasteiger partial charge in [0, 0.05) is 24.2 Å². The Kier molecular flexibility index (Phi) is 5.01. The van der Waals surface area contributed by atoms with Crippen molar-refractivity contribution in [2.45, 2.75) is 19.0 Å². The van der Waals surface area contributed by atoms with Gasteiger partial charge in [-0.3, -0.25) is 4.90 Å². The third-order valence-corrected chi connectivity index (χ3v) is 5.60. The van der Waals surface area contributed by atoms with E-state index in [1.54, 1.807) is 6.07 Å². The number of hydrogen-bond donors (Lipinski definition) is 1. The maximum atomic E-state index is 13.0. The molecule has 0 aliphatic carbocycles. The monoisotopic (exact) mass is 321 g/mol. The van der Waals surface area contributed by atoms with Gasteiger partial charge in [0.15, 0.2) is 9.84 Å². The third kappa shape index (κ3) is 3.91. The molecule has 0 saturated carbocycles. The number of rotatable bonds is 5. The smallest absolute Gasteiger partial charge is 0.151 e. The number of benzene rings is 1. The fourth-order valence-corrected chi connectivity index (χ4v) is 4.44. The van der Waals surface area contributed by atoms with Gasteiger partial charge in [0.25, 0.3) is 0 Å². The van der Waals surface area contributed by atoms with Gasteiger partial charge in [0.2, 0.25) is 0 Å². The molecule has 1 fully saturated rings. The zero-order chi connectivity index (χ0) is 14.8. The fraction of sp³-hybridized carbons (Fsp3) is 0.538. The predicted molar refractivity (Wildman–Crippen MR) is 76.0 cm³/mol. The molecule has 7 heteroatoms. The normalized spacial score (nSPS) is 21.5. The first-order valence-corrected chi connectivity index (χ1v) is 8.60.